The first-order valence-corrected chi connectivity index (χ1v) is 8.92. The Morgan fingerprint density at radius 3 is 2.77 bits per heavy atom. The molecule has 2 N–H and O–H groups in total. The molecular formula is C18H18ClN3O4. The Morgan fingerprint density at radius 1 is 1.31 bits per heavy atom. The van der Waals surface area contributed by atoms with Crippen LogP contribution < -0.4 is 10.7 Å². The summed E-state index contributed by atoms with van der Waals surface area (Å²) in [7, 11) is 0. The molecule has 1 aliphatic heterocycles. The van der Waals surface area contributed by atoms with E-state index in [-0.39, 0.29) is 5.76 Å². The second-order valence-electron chi connectivity index (χ2n) is 7.07. The van der Waals surface area contributed by atoms with E-state index in [0.717, 1.165) is 17.9 Å². The normalized spacial score (nSPS) is 25.8. The van der Waals surface area contributed by atoms with Crippen molar-refractivity contribution in [3.63, 3.8) is 0 Å². The molecule has 4 rings (SSSR count). The lowest BCUT2D eigenvalue weighted by Crippen LogP contribution is -2.51. The maximum absolute atomic E-state index is 12.8. The molecule has 1 saturated heterocycles. The van der Waals surface area contributed by atoms with Crippen LogP contribution >= 0.6 is 11.6 Å². The van der Waals surface area contributed by atoms with Crippen LogP contribution in [0.5, 0.6) is 0 Å². The largest absolute Gasteiger partial charge is 0.451 e. The van der Waals surface area contributed by atoms with Crippen molar-refractivity contribution in [2.75, 3.05) is 0 Å². The van der Waals surface area contributed by atoms with Crippen molar-refractivity contribution in [1.29, 1.82) is 0 Å². The summed E-state index contributed by atoms with van der Waals surface area (Å²) in [6, 6.07) is 5.88. The fourth-order valence-electron chi connectivity index (χ4n) is 3.60. The molecule has 4 amide bonds. The van der Waals surface area contributed by atoms with Gasteiger partial charge in [-0.05, 0) is 55.9 Å². The van der Waals surface area contributed by atoms with Crippen molar-refractivity contribution in [3.8, 4) is 0 Å². The molecular weight excluding hydrogens is 358 g/mol. The van der Waals surface area contributed by atoms with E-state index in [1.165, 1.54) is 6.07 Å². The number of hydrazine groups is 1. The van der Waals surface area contributed by atoms with Crippen LogP contribution in [-0.2, 0) is 4.79 Å². The summed E-state index contributed by atoms with van der Waals surface area (Å²) in [5, 5.41) is 4.70. The Kier molecular flexibility index (Phi) is 3.91. The number of amides is 4. The van der Waals surface area contributed by atoms with Gasteiger partial charge in [-0.1, -0.05) is 18.5 Å². The Morgan fingerprint density at radius 2 is 2.04 bits per heavy atom. The van der Waals surface area contributed by atoms with Crippen molar-refractivity contribution in [2.24, 2.45) is 5.92 Å². The van der Waals surface area contributed by atoms with E-state index < -0.39 is 23.4 Å². The SMILES string of the molecule is CC1CCC2(CC1)NC(=O)N(NC(=O)c1cc3cc(Cl)ccc3o1)C2=O. The van der Waals surface area contributed by atoms with Crippen LogP contribution in [-0.4, -0.2) is 28.4 Å². The van der Waals surface area contributed by atoms with E-state index in [2.05, 4.69) is 17.7 Å². The predicted molar refractivity (Wildman–Crippen MR) is 94.4 cm³/mol. The van der Waals surface area contributed by atoms with Gasteiger partial charge in [0.25, 0.3) is 5.91 Å². The number of benzene rings is 1. The van der Waals surface area contributed by atoms with Gasteiger partial charge in [0.2, 0.25) is 0 Å². The van der Waals surface area contributed by atoms with Crippen LogP contribution in [0.1, 0.15) is 43.2 Å². The Balaban J connectivity index is 1.53. The number of hydrogen-bond donors (Lipinski definition) is 2. The maximum Gasteiger partial charge on any atom is 0.344 e. The summed E-state index contributed by atoms with van der Waals surface area (Å²) >= 11 is 5.93. The fourth-order valence-corrected chi connectivity index (χ4v) is 3.78. The number of carbonyl (C=O) groups is 3. The number of imide groups is 1. The number of furan rings is 1. The van der Waals surface area contributed by atoms with E-state index in [1.54, 1.807) is 18.2 Å². The van der Waals surface area contributed by atoms with Gasteiger partial charge in [-0.15, -0.1) is 0 Å². The smallest absolute Gasteiger partial charge is 0.344 e. The second-order valence-corrected chi connectivity index (χ2v) is 7.51. The zero-order valence-corrected chi connectivity index (χ0v) is 14.9. The van der Waals surface area contributed by atoms with Crippen LogP contribution in [0.15, 0.2) is 28.7 Å². The van der Waals surface area contributed by atoms with Gasteiger partial charge in [-0.25, -0.2) is 10.2 Å². The van der Waals surface area contributed by atoms with Crippen molar-refractivity contribution in [2.45, 2.75) is 38.1 Å². The Bertz CT molecular complexity index is 914. The minimum atomic E-state index is -0.904. The second kappa shape index (κ2) is 6.02. The third kappa shape index (κ3) is 2.72. The lowest BCUT2D eigenvalue weighted by molar-refractivity contribution is -0.134. The first-order chi connectivity index (χ1) is 12.4. The number of rotatable bonds is 2. The van der Waals surface area contributed by atoms with Crippen LogP contribution in [0.4, 0.5) is 4.79 Å². The van der Waals surface area contributed by atoms with Gasteiger partial charge in [0, 0.05) is 10.4 Å². The number of urea groups is 1. The van der Waals surface area contributed by atoms with Gasteiger partial charge in [-0.2, -0.15) is 5.01 Å². The Labute approximate surface area is 154 Å². The fraction of sp³-hybridized carbons (Fsp3) is 0.389. The molecule has 1 saturated carbocycles. The highest BCUT2D eigenvalue weighted by Crippen LogP contribution is 2.35. The highest BCUT2D eigenvalue weighted by Gasteiger charge is 2.53. The van der Waals surface area contributed by atoms with E-state index >= 15 is 0 Å². The molecule has 2 heterocycles. The van der Waals surface area contributed by atoms with Crippen molar-refractivity contribution >= 4 is 40.4 Å². The minimum absolute atomic E-state index is 0.00100. The van der Waals surface area contributed by atoms with E-state index in [4.69, 9.17) is 16.0 Å². The van der Waals surface area contributed by atoms with Crippen LogP contribution in [0.25, 0.3) is 11.0 Å². The molecule has 0 bridgehead atoms. The zero-order valence-electron chi connectivity index (χ0n) is 14.2. The third-order valence-corrected chi connectivity index (χ3v) is 5.44. The van der Waals surface area contributed by atoms with Gasteiger partial charge >= 0.3 is 11.9 Å². The van der Waals surface area contributed by atoms with Gasteiger partial charge < -0.3 is 9.73 Å². The van der Waals surface area contributed by atoms with E-state index in [0.29, 0.717) is 34.8 Å². The average Bonchev–Trinajstić information content (AvgIpc) is 3.12. The lowest BCUT2D eigenvalue weighted by Gasteiger charge is -2.33. The quantitative estimate of drug-likeness (QED) is 0.788. The molecule has 0 unspecified atom stereocenters. The standard InChI is InChI=1S/C18H18ClN3O4/c1-10-4-6-18(7-5-10)16(24)22(17(25)20-18)21-15(23)14-9-11-8-12(19)2-3-13(11)26-14/h2-3,8-10H,4-7H2,1H3,(H,20,25)(H,21,23). The molecule has 0 radical (unpaired) electrons. The molecule has 1 spiro atoms. The van der Waals surface area contributed by atoms with Crippen LogP contribution in [0, 0.1) is 5.92 Å². The molecule has 7 nitrogen and oxygen atoms in total. The summed E-state index contributed by atoms with van der Waals surface area (Å²) in [5.41, 5.74) is 1.95. The maximum atomic E-state index is 12.8. The summed E-state index contributed by atoms with van der Waals surface area (Å²) in [6.07, 6.45) is 2.87. The van der Waals surface area contributed by atoms with Gasteiger partial charge in [-0.3, -0.25) is 9.59 Å². The number of fused-ring (bicyclic) bond motifs is 1. The van der Waals surface area contributed by atoms with Crippen molar-refractivity contribution < 1.29 is 18.8 Å². The molecule has 0 atom stereocenters. The molecule has 1 aromatic heterocycles. The number of carbonyl (C=O) groups excluding carboxylic acids is 3. The summed E-state index contributed by atoms with van der Waals surface area (Å²) < 4.78 is 5.48. The number of halogens is 1. The highest BCUT2D eigenvalue weighted by atomic mass is 35.5. The predicted octanol–water partition coefficient (Wildman–Crippen LogP) is 3.23. The van der Waals surface area contributed by atoms with Crippen molar-refractivity contribution in [3.05, 3.63) is 35.0 Å². The molecule has 1 aromatic carbocycles. The summed E-state index contributed by atoms with van der Waals surface area (Å²) in [6.45, 7) is 2.13. The zero-order chi connectivity index (χ0) is 18.5. The molecule has 2 fully saturated rings. The molecule has 26 heavy (non-hydrogen) atoms. The summed E-state index contributed by atoms with van der Waals surface area (Å²) in [5.74, 6) is -0.554. The van der Waals surface area contributed by atoms with Crippen LogP contribution in [0.3, 0.4) is 0 Å². The van der Waals surface area contributed by atoms with E-state index in [9.17, 15) is 14.4 Å². The molecule has 2 aliphatic rings. The highest BCUT2D eigenvalue weighted by molar-refractivity contribution is 6.31. The lowest BCUT2D eigenvalue weighted by atomic mass is 9.77. The van der Waals surface area contributed by atoms with Gasteiger partial charge in [0.15, 0.2) is 5.76 Å². The average molecular weight is 376 g/mol. The number of nitrogens with zero attached hydrogens (tertiary/aromatic N) is 1. The molecule has 8 heteroatoms. The minimum Gasteiger partial charge on any atom is -0.451 e. The monoisotopic (exact) mass is 375 g/mol. The number of nitrogens with one attached hydrogen (secondary N) is 2. The number of hydrogen-bond acceptors (Lipinski definition) is 4. The van der Waals surface area contributed by atoms with Crippen LogP contribution in [0.2, 0.25) is 5.02 Å². The van der Waals surface area contributed by atoms with Gasteiger partial charge in [0.05, 0.1) is 0 Å². The first kappa shape index (κ1) is 16.9. The molecule has 2 aromatic rings. The first-order valence-electron chi connectivity index (χ1n) is 8.55. The van der Waals surface area contributed by atoms with E-state index in [1.807, 2.05) is 0 Å². The Hall–Kier alpha value is -2.54. The molecule has 1 aliphatic carbocycles. The summed E-state index contributed by atoms with van der Waals surface area (Å²) in [4.78, 5) is 37.5. The van der Waals surface area contributed by atoms with Gasteiger partial charge in [0.1, 0.15) is 11.1 Å². The molecule has 136 valence electrons. The van der Waals surface area contributed by atoms with Crippen molar-refractivity contribution in [1.82, 2.24) is 15.8 Å². The third-order valence-electron chi connectivity index (χ3n) is 5.21. The topological polar surface area (TPSA) is 91.7 Å².